The number of carbonyl (C=O) groups excluding carboxylic acids is 15. The van der Waals surface area contributed by atoms with Crippen molar-refractivity contribution in [3.8, 4) is 0 Å². The Kier molecular flexibility index (Phi) is 51.0. The first-order valence-corrected chi connectivity index (χ1v) is 39.3. The number of hydrogen-bond donors (Lipinski definition) is 4. The van der Waals surface area contributed by atoms with Gasteiger partial charge in [-0.1, -0.05) is 135 Å². The second-order valence-electron chi connectivity index (χ2n) is 28.1. The van der Waals surface area contributed by atoms with E-state index in [4.69, 9.17) is 28.7 Å². The summed E-state index contributed by atoms with van der Waals surface area (Å²) in [6.07, 6.45) is 31.4. The maximum Gasteiger partial charge on any atom is 0.333 e. The molecule has 0 aromatic carbocycles. The number of carbonyl (C=O) groups is 15. The van der Waals surface area contributed by atoms with E-state index in [2.05, 4.69) is 21.3 Å². The molecule has 10 amide bonds. The Morgan fingerprint density at radius 1 is 0.269 bits per heavy atom. The minimum Gasteiger partial charge on any atom is -0.380 e. The molecule has 28 heteroatoms. The summed E-state index contributed by atoms with van der Waals surface area (Å²) in [6.45, 7) is 5.48. The highest BCUT2D eigenvalue weighted by Crippen LogP contribution is 2.22. The summed E-state index contributed by atoms with van der Waals surface area (Å²) >= 11 is 0. The van der Waals surface area contributed by atoms with Crippen molar-refractivity contribution in [1.29, 1.82) is 0 Å². The van der Waals surface area contributed by atoms with Crippen LogP contribution in [0.4, 0.5) is 0 Å². The van der Waals surface area contributed by atoms with Crippen LogP contribution in [-0.2, 0) is 101 Å². The summed E-state index contributed by atoms with van der Waals surface area (Å²) in [5, 5.41) is 13.6. The molecule has 0 bridgehead atoms. The SMILES string of the molecule is CC(COCCC(=O)CCCCCCCCC(=O)CCCCCCCCC(=O)ON1C(=O)CCC1=O)(COCCC(=O)NCCCCCCCC(=O)NCCCCCCCC(=O)ON1C(=O)CCC1=O)COCCC(=O)NCCCCCCCC(=O)NCCCCCCCC(=O)ON1C(=O)CCC1=O. The van der Waals surface area contributed by atoms with Gasteiger partial charge < -0.3 is 50.0 Å². The van der Waals surface area contributed by atoms with Crippen molar-refractivity contribution in [2.45, 2.75) is 322 Å². The second kappa shape index (κ2) is 58.1. The van der Waals surface area contributed by atoms with Crippen LogP contribution in [0.5, 0.6) is 0 Å². The van der Waals surface area contributed by atoms with E-state index in [1.54, 1.807) is 0 Å². The van der Waals surface area contributed by atoms with Gasteiger partial charge >= 0.3 is 17.9 Å². The largest absolute Gasteiger partial charge is 0.380 e. The maximum absolute atomic E-state index is 12.8. The normalized spacial score (nSPS) is 13.8. The Morgan fingerprint density at radius 3 is 0.740 bits per heavy atom. The second-order valence-corrected chi connectivity index (χ2v) is 28.1. The van der Waals surface area contributed by atoms with E-state index < -0.39 is 58.8 Å². The van der Waals surface area contributed by atoms with Gasteiger partial charge in [-0.3, -0.25) is 57.5 Å². The fraction of sp³-hybridized carbons (Fsp3) is 0.803. The highest BCUT2D eigenvalue weighted by Gasteiger charge is 2.35. The zero-order valence-electron chi connectivity index (χ0n) is 62.6. The minimum absolute atomic E-state index is 0.0222. The van der Waals surface area contributed by atoms with Gasteiger partial charge in [0.15, 0.2) is 0 Å². The quantitative estimate of drug-likeness (QED) is 0.0325. The molecule has 3 rings (SSSR count). The molecule has 3 fully saturated rings. The molecule has 3 aliphatic rings. The van der Waals surface area contributed by atoms with E-state index in [0.29, 0.717) is 92.7 Å². The van der Waals surface area contributed by atoms with E-state index >= 15 is 0 Å². The first kappa shape index (κ1) is 91.1. The molecule has 0 aromatic rings. The average molecular weight is 1470 g/mol. The highest BCUT2D eigenvalue weighted by molar-refractivity contribution is 6.03. The van der Waals surface area contributed by atoms with Crippen LogP contribution < -0.4 is 21.3 Å². The lowest BCUT2D eigenvalue weighted by Crippen LogP contribution is -2.36. The van der Waals surface area contributed by atoms with E-state index in [9.17, 15) is 71.9 Å². The minimum atomic E-state index is -0.633. The molecular weight excluding hydrogens is 1350 g/mol. The molecule has 3 aliphatic heterocycles. The van der Waals surface area contributed by atoms with E-state index in [0.717, 1.165) is 186 Å². The van der Waals surface area contributed by atoms with Gasteiger partial charge in [0.1, 0.15) is 11.6 Å². The van der Waals surface area contributed by atoms with Gasteiger partial charge in [0.2, 0.25) is 23.6 Å². The van der Waals surface area contributed by atoms with Crippen LogP contribution in [-0.4, -0.2) is 170 Å². The average Bonchev–Trinajstić information content (AvgIpc) is 1.79. The number of hydroxylamine groups is 6. The Hall–Kier alpha value is -7.07. The van der Waals surface area contributed by atoms with Gasteiger partial charge in [-0.15, -0.1) is 15.2 Å². The smallest absolute Gasteiger partial charge is 0.333 e. The van der Waals surface area contributed by atoms with E-state index in [1.807, 2.05) is 6.92 Å². The lowest BCUT2D eigenvalue weighted by atomic mass is 9.94. The van der Waals surface area contributed by atoms with Crippen molar-refractivity contribution < 1.29 is 101 Å². The molecule has 590 valence electrons. The lowest BCUT2D eigenvalue weighted by molar-refractivity contribution is -0.197. The number of nitrogens with one attached hydrogen (secondary N) is 4. The van der Waals surface area contributed by atoms with Crippen molar-refractivity contribution in [2.24, 2.45) is 5.41 Å². The number of rotatable bonds is 68. The first-order chi connectivity index (χ1) is 50.2. The van der Waals surface area contributed by atoms with Crippen LogP contribution >= 0.6 is 0 Å². The zero-order valence-corrected chi connectivity index (χ0v) is 62.6. The topological polar surface area (TPSA) is 369 Å². The fourth-order valence-corrected chi connectivity index (χ4v) is 11.9. The van der Waals surface area contributed by atoms with Crippen molar-refractivity contribution in [3.05, 3.63) is 0 Å². The van der Waals surface area contributed by atoms with Crippen molar-refractivity contribution in [1.82, 2.24) is 36.5 Å². The summed E-state index contributed by atoms with van der Waals surface area (Å²) < 4.78 is 18.1. The van der Waals surface area contributed by atoms with Crippen LogP contribution in [0, 0.1) is 5.41 Å². The molecule has 0 spiro atoms. The molecule has 0 aliphatic carbocycles. The first-order valence-electron chi connectivity index (χ1n) is 39.3. The third-order valence-electron chi connectivity index (χ3n) is 18.2. The van der Waals surface area contributed by atoms with Crippen LogP contribution in [0.3, 0.4) is 0 Å². The summed E-state index contributed by atoms with van der Waals surface area (Å²) in [7, 11) is 0. The number of nitrogens with zero attached hydrogens (tertiary/aromatic N) is 3. The van der Waals surface area contributed by atoms with Crippen LogP contribution in [0.15, 0.2) is 0 Å². The predicted octanol–water partition coefficient (Wildman–Crippen LogP) is 10.2. The number of ether oxygens (including phenoxy) is 3. The number of unbranched alkanes of at least 4 members (excludes halogenated alkanes) is 26. The van der Waals surface area contributed by atoms with Gasteiger partial charge in [-0.25, -0.2) is 14.4 Å². The van der Waals surface area contributed by atoms with Gasteiger partial charge in [0.05, 0.1) is 39.6 Å². The third-order valence-corrected chi connectivity index (χ3v) is 18.2. The summed E-state index contributed by atoms with van der Waals surface area (Å²) in [6, 6.07) is 0. The molecule has 104 heavy (non-hydrogen) atoms. The van der Waals surface area contributed by atoms with Gasteiger partial charge in [0, 0.05) is 141 Å². The van der Waals surface area contributed by atoms with E-state index in [1.165, 1.54) is 0 Å². The van der Waals surface area contributed by atoms with Gasteiger partial charge in [0.25, 0.3) is 35.4 Å². The molecule has 0 saturated carbocycles. The summed E-state index contributed by atoms with van der Waals surface area (Å²) in [5.41, 5.74) is -0.633. The number of ketones is 2. The highest BCUT2D eigenvalue weighted by atomic mass is 16.7. The molecule has 3 heterocycles. The zero-order chi connectivity index (χ0) is 75.7. The number of imide groups is 3. The molecule has 3 saturated heterocycles. The molecule has 0 unspecified atom stereocenters. The molecule has 4 N–H and O–H groups in total. The molecule has 0 atom stereocenters. The van der Waals surface area contributed by atoms with E-state index in [-0.39, 0.29) is 152 Å². The standard InChI is InChI=1S/C76H125N7O21/c1-76(58-99-55-48-62(85)36-24-12-3-2-10-22-34-61(84)35-23-11-4-5-15-27-39-73(96)102-81-67(90)42-43-68(81)91,59-100-56-49-65(88)79-53-32-18-6-13-25-37-63(86)77-51-30-20-8-16-28-40-74(97)103-82-69(92)44-45-70(82)93)60-101-57-50-66(89)80-54-33-19-7-14-26-38-64(87)78-52-31-21-9-17-29-41-75(98)104-83-71(94)46-47-72(83)95/h2-60H2,1H3,(H,77,86)(H,78,87)(H,79,88)(H,80,89). The van der Waals surface area contributed by atoms with Crippen LogP contribution in [0.2, 0.25) is 0 Å². The molecule has 0 aromatic heterocycles. The Labute approximate surface area is 616 Å². The van der Waals surface area contributed by atoms with Crippen molar-refractivity contribution >= 4 is 88.5 Å². The third kappa shape index (κ3) is 46.7. The van der Waals surface area contributed by atoms with Crippen LogP contribution in [0.25, 0.3) is 0 Å². The molecular formula is C76H125N7O21. The number of Topliss-reactive ketones (excluding diaryl/α,β-unsaturated/α-hetero) is 2. The fourth-order valence-electron chi connectivity index (χ4n) is 11.9. The Balaban J connectivity index is 1.21. The monoisotopic (exact) mass is 1470 g/mol. The Morgan fingerprint density at radius 2 is 0.471 bits per heavy atom. The predicted molar refractivity (Wildman–Crippen MR) is 383 cm³/mol. The summed E-state index contributed by atoms with van der Waals surface area (Å²) in [5.74, 6) is -4.48. The summed E-state index contributed by atoms with van der Waals surface area (Å²) in [4.78, 5) is 195. The Bertz CT molecular complexity index is 2320. The number of amides is 10. The molecule has 0 radical (unpaired) electrons. The van der Waals surface area contributed by atoms with Crippen molar-refractivity contribution in [3.63, 3.8) is 0 Å². The van der Waals surface area contributed by atoms with Gasteiger partial charge in [-0.2, -0.15) is 0 Å². The number of hydrogen-bond acceptors (Lipinski definition) is 21. The maximum atomic E-state index is 12.8. The van der Waals surface area contributed by atoms with Crippen LogP contribution in [0.1, 0.15) is 322 Å². The lowest BCUT2D eigenvalue weighted by Gasteiger charge is -2.29. The molecule has 28 nitrogen and oxygen atoms in total. The van der Waals surface area contributed by atoms with Gasteiger partial charge in [-0.05, 0) is 77.0 Å². The van der Waals surface area contributed by atoms with Crippen molar-refractivity contribution in [2.75, 3.05) is 65.8 Å².